The van der Waals surface area contributed by atoms with Crippen LogP contribution in [0.15, 0.2) is 60.8 Å². The summed E-state index contributed by atoms with van der Waals surface area (Å²) in [4.78, 5) is 15.5. The van der Waals surface area contributed by atoms with Crippen molar-refractivity contribution in [3.63, 3.8) is 0 Å². The minimum Gasteiger partial charge on any atom is -0.361 e. The summed E-state index contributed by atoms with van der Waals surface area (Å²) in [5, 5.41) is 7.39. The molecule has 2 aromatic carbocycles. The van der Waals surface area contributed by atoms with Gasteiger partial charge in [0.2, 0.25) is 5.91 Å². The number of carbonyl (C=O) groups excluding carboxylic acids is 1. The van der Waals surface area contributed by atoms with Crippen molar-refractivity contribution in [2.24, 2.45) is 0 Å². The third kappa shape index (κ3) is 4.28. The van der Waals surface area contributed by atoms with Crippen LogP contribution in [0.4, 0.5) is 0 Å². The standard InChI is InChI=1S/C21H25N3O/c1-22-13-7-12-21(25)24-14-18(16-8-3-2-4-9-16)19-15-23-20-11-6-5-10-17(19)20/h2-6,8-11,15,18,22-23H,7,12-14H2,1H3,(H,24,25). The van der Waals surface area contributed by atoms with Gasteiger partial charge in [-0.25, -0.2) is 0 Å². The van der Waals surface area contributed by atoms with Gasteiger partial charge < -0.3 is 15.6 Å². The van der Waals surface area contributed by atoms with Crippen LogP contribution in [0, 0.1) is 0 Å². The van der Waals surface area contributed by atoms with Crippen LogP contribution in [-0.4, -0.2) is 31.0 Å². The molecule has 4 heteroatoms. The van der Waals surface area contributed by atoms with Crippen molar-refractivity contribution in [1.82, 2.24) is 15.6 Å². The van der Waals surface area contributed by atoms with Crippen molar-refractivity contribution in [3.05, 3.63) is 71.9 Å². The molecule has 1 heterocycles. The molecule has 1 unspecified atom stereocenters. The van der Waals surface area contributed by atoms with Crippen molar-refractivity contribution in [2.75, 3.05) is 20.1 Å². The van der Waals surface area contributed by atoms with E-state index in [4.69, 9.17) is 0 Å². The van der Waals surface area contributed by atoms with Crippen LogP contribution in [0.3, 0.4) is 0 Å². The molecule has 4 nitrogen and oxygen atoms in total. The first-order chi connectivity index (χ1) is 12.3. The van der Waals surface area contributed by atoms with E-state index in [0.717, 1.165) is 18.5 Å². The van der Waals surface area contributed by atoms with Crippen LogP contribution >= 0.6 is 0 Å². The quantitative estimate of drug-likeness (QED) is 0.553. The number of amides is 1. The Bertz CT molecular complexity index is 810. The van der Waals surface area contributed by atoms with Crippen molar-refractivity contribution >= 4 is 16.8 Å². The SMILES string of the molecule is CNCCCC(=O)NCC(c1ccccc1)c1c[nH]c2ccccc12. The first kappa shape index (κ1) is 17.2. The Kier molecular flexibility index (Phi) is 5.86. The van der Waals surface area contributed by atoms with Gasteiger partial charge in [0.1, 0.15) is 0 Å². The van der Waals surface area contributed by atoms with E-state index in [-0.39, 0.29) is 11.8 Å². The Labute approximate surface area is 148 Å². The summed E-state index contributed by atoms with van der Waals surface area (Å²) in [5.74, 6) is 0.238. The van der Waals surface area contributed by atoms with Crippen molar-refractivity contribution in [2.45, 2.75) is 18.8 Å². The normalized spacial score (nSPS) is 12.2. The third-order valence-electron chi connectivity index (χ3n) is 4.53. The summed E-state index contributed by atoms with van der Waals surface area (Å²) in [7, 11) is 1.90. The predicted octanol–water partition coefficient (Wildman–Crippen LogP) is 3.42. The number of hydrogen-bond acceptors (Lipinski definition) is 2. The molecule has 0 bridgehead atoms. The Balaban J connectivity index is 1.80. The molecule has 1 atom stereocenters. The maximum Gasteiger partial charge on any atom is 0.220 e. The zero-order chi connectivity index (χ0) is 17.5. The highest BCUT2D eigenvalue weighted by molar-refractivity contribution is 5.84. The molecule has 0 aliphatic carbocycles. The lowest BCUT2D eigenvalue weighted by molar-refractivity contribution is -0.121. The van der Waals surface area contributed by atoms with Gasteiger partial charge >= 0.3 is 0 Å². The van der Waals surface area contributed by atoms with Gasteiger partial charge in [0, 0.05) is 36.0 Å². The van der Waals surface area contributed by atoms with E-state index in [1.165, 1.54) is 16.5 Å². The number of carbonyl (C=O) groups is 1. The molecule has 1 aromatic heterocycles. The van der Waals surface area contributed by atoms with Crippen LogP contribution in [0.1, 0.15) is 29.9 Å². The Morgan fingerprint density at radius 1 is 1.08 bits per heavy atom. The Morgan fingerprint density at radius 2 is 1.84 bits per heavy atom. The minimum absolute atomic E-state index is 0.107. The second kappa shape index (κ2) is 8.49. The lowest BCUT2D eigenvalue weighted by Gasteiger charge is -2.18. The first-order valence-corrected chi connectivity index (χ1v) is 8.82. The summed E-state index contributed by atoms with van der Waals surface area (Å²) in [5.41, 5.74) is 3.55. The number of aromatic amines is 1. The summed E-state index contributed by atoms with van der Waals surface area (Å²) in [6.45, 7) is 1.46. The van der Waals surface area contributed by atoms with E-state index < -0.39 is 0 Å². The van der Waals surface area contributed by atoms with E-state index >= 15 is 0 Å². The van der Waals surface area contributed by atoms with E-state index in [1.54, 1.807) is 0 Å². The number of para-hydroxylation sites is 1. The van der Waals surface area contributed by atoms with Crippen LogP contribution in [0.5, 0.6) is 0 Å². The fourth-order valence-electron chi connectivity index (χ4n) is 3.20. The van der Waals surface area contributed by atoms with Gasteiger partial charge in [0.25, 0.3) is 0 Å². The van der Waals surface area contributed by atoms with E-state index in [0.29, 0.717) is 13.0 Å². The van der Waals surface area contributed by atoms with Crippen LogP contribution in [0.25, 0.3) is 10.9 Å². The molecule has 3 N–H and O–H groups in total. The highest BCUT2D eigenvalue weighted by Gasteiger charge is 2.18. The molecule has 0 fully saturated rings. The average Bonchev–Trinajstić information content (AvgIpc) is 3.07. The fraction of sp³-hybridized carbons (Fsp3) is 0.286. The highest BCUT2D eigenvalue weighted by Crippen LogP contribution is 2.30. The molecular weight excluding hydrogens is 310 g/mol. The molecule has 1 amide bonds. The van der Waals surface area contributed by atoms with Gasteiger partial charge in [-0.2, -0.15) is 0 Å². The van der Waals surface area contributed by atoms with Gasteiger partial charge in [-0.05, 0) is 37.2 Å². The average molecular weight is 335 g/mol. The summed E-state index contributed by atoms with van der Waals surface area (Å²) < 4.78 is 0. The molecular formula is C21H25N3O. The lowest BCUT2D eigenvalue weighted by atomic mass is 9.91. The number of fused-ring (bicyclic) bond motifs is 1. The van der Waals surface area contributed by atoms with Crippen molar-refractivity contribution in [1.29, 1.82) is 0 Å². The highest BCUT2D eigenvalue weighted by atomic mass is 16.1. The van der Waals surface area contributed by atoms with Gasteiger partial charge in [-0.15, -0.1) is 0 Å². The summed E-state index contributed by atoms with van der Waals surface area (Å²) in [6, 6.07) is 18.7. The first-order valence-electron chi connectivity index (χ1n) is 8.82. The molecule has 0 saturated carbocycles. The van der Waals surface area contributed by atoms with Crippen molar-refractivity contribution < 1.29 is 4.79 Å². The number of hydrogen-bond donors (Lipinski definition) is 3. The molecule has 0 spiro atoms. The van der Waals surface area contributed by atoms with Crippen LogP contribution < -0.4 is 10.6 Å². The maximum atomic E-state index is 12.1. The monoisotopic (exact) mass is 335 g/mol. The van der Waals surface area contributed by atoms with Crippen LogP contribution in [0.2, 0.25) is 0 Å². The topological polar surface area (TPSA) is 56.9 Å². The molecule has 3 aromatic rings. The van der Waals surface area contributed by atoms with Gasteiger partial charge in [-0.3, -0.25) is 4.79 Å². The predicted molar refractivity (Wildman–Crippen MR) is 103 cm³/mol. The smallest absolute Gasteiger partial charge is 0.220 e. The third-order valence-corrected chi connectivity index (χ3v) is 4.53. The number of rotatable bonds is 8. The molecule has 3 rings (SSSR count). The Hall–Kier alpha value is -2.59. The molecule has 0 aliphatic heterocycles. The van der Waals surface area contributed by atoms with E-state index in [2.05, 4.69) is 52.1 Å². The molecule has 130 valence electrons. The Morgan fingerprint density at radius 3 is 2.64 bits per heavy atom. The van der Waals surface area contributed by atoms with Crippen molar-refractivity contribution in [3.8, 4) is 0 Å². The largest absolute Gasteiger partial charge is 0.361 e. The number of benzene rings is 2. The maximum absolute atomic E-state index is 12.1. The molecule has 0 saturated heterocycles. The van der Waals surface area contributed by atoms with Gasteiger partial charge in [0.05, 0.1) is 0 Å². The van der Waals surface area contributed by atoms with E-state index in [9.17, 15) is 4.79 Å². The fourth-order valence-corrected chi connectivity index (χ4v) is 3.20. The van der Waals surface area contributed by atoms with Gasteiger partial charge in [0.15, 0.2) is 0 Å². The zero-order valence-electron chi connectivity index (χ0n) is 14.6. The molecule has 0 radical (unpaired) electrons. The summed E-state index contributed by atoms with van der Waals surface area (Å²) in [6.07, 6.45) is 3.47. The lowest BCUT2D eigenvalue weighted by Crippen LogP contribution is -2.29. The second-order valence-corrected chi connectivity index (χ2v) is 6.26. The number of nitrogens with one attached hydrogen (secondary N) is 3. The second-order valence-electron chi connectivity index (χ2n) is 6.26. The van der Waals surface area contributed by atoms with Gasteiger partial charge in [-0.1, -0.05) is 48.5 Å². The zero-order valence-corrected chi connectivity index (χ0v) is 14.6. The number of aromatic nitrogens is 1. The molecule has 0 aliphatic rings. The van der Waals surface area contributed by atoms with Crippen LogP contribution in [-0.2, 0) is 4.79 Å². The minimum atomic E-state index is 0.107. The summed E-state index contributed by atoms with van der Waals surface area (Å²) >= 11 is 0. The number of H-pyrrole nitrogens is 1. The van der Waals surface area contributed by atoms with E-state index in [1.807, 2.05) is 31.3 Å². The molecule has 25 heavy (non-hydrogen) atoms.